The summed E-state index contributed by atoms with van der Waals surface area (Å²) in [4.78, 5) is 4.50. The number of hydrogen-bond acceptors (Lipinski definition) is 2. The molecule has 7 heteroatoms. The Morgan fingerprint density at radius 3 is 2.41 bits per heavy atom. The fraction of sp³-hybridized carbons (Fsp3) is 0.533. The smallest absolute Gasteiger partial charge is 0.0909 e. The second-order valence-electron chi connectivity index (χ2n) is 5.00. The third kappa shape index (κ3) is 9.75. The summed E-state index contributed by atoms with van der Waals surface area (Å²) < 4.78 is 0. The van der Waals surface area contributed by atoms with Gasteiger partial charge in [0.1, 0.15) is 0 Å². The molecule has 0 saturated heterocycles. The summed E-state index contributed by atoms with van der Waals surface area (Å²) in [5.41, 5.74) is 12.3. The monoisotopic (exact) mass is 387 g/mol. The van der Waals surface area contributed by atoms with Crippen molar-refractivity contribution in [3.8, 4) is 0 Å². The molecule has 0 fully saturated rings. The number of hydrogen-bond donors (Lipinski definition) is 2. The van der Waals surface area contributed by atoms with Gasteiger partial charge in [-0.1, -0.05) is 42.1 Å². The molecule has 0 bridgehead atoms. The van der Waals surface area contributed by atoms with Crippen molar-refractivity contribution < 1.29 is 0 Å². The quantitative estimate of drug-likeness (QED) is 0.386. The molecule has 1 aromatic carbocycles. The molecule has 1 rings (SSSR count). The van der Waals surface area contributed by atoms with E-state index in [1.54, 1.807) is 6.07 Å². The van der Waals surface area contributed by atoms with Crippen molar-refractivity contribution in [2.24, 2.45) is 16.5 Å². The molecule has 0 aromatic heterocycles. The second kappa shape index (κ2) is 13.3. The molecule has 0 aliphatic heterocycles. The Bertz CT molecular complexity index is 448. The fourth-order valence-electron chi connectivity index (χ4n) is 2.14. The number of halogens is 4. The van der Waals surface area contributed by atoms with Gasteiger partial charge in [-0.05, 0) is 50.4 Å². The van der Waals surface area contributed by atoms with E-state index >= 15 is 0 Å². The van der Waals surface area contributed by atoms with Gasteiger partial charge < -0.3 is 11.5 Å². The number of benzene rings is 1. The highest BCUT2D eigenvalue weighted by Gasteiger charge is 2.11. The van der Waals surface area contributed by atoms with E-state index in [4.69, 9.17) is 34.7 Å². The minimum absolute atomic E-state index is 0. The minimum atomic E-state index is 0. The molecule has 0 spiro atoms. The molecule has 0 heterocycles. The summed E-state index contributed by atoms with van der Waals surface area (Å²) in [6.07, 6.45) is 5.06. The SMILES string of the molecule is CC(N)=NC(CCCCCN)Cc1ccc(Cl)cc1Cl.Cl.Cl. The number of rotatable bonds is 8. The van der Waals surface area contributed by atoms with Crippen molar-refractivity contribution in [3.05, 3.63) is 33.8 Å². The van der Waals surface area contributed by atoms with Crippen LogP contribution in [0, 0.1) is 0 Å². The molecule has 1 aromatic rings. The summed E-state index contributed by atoms with van der Waals surface area (Å²) in [5.74, 6) is 0.610. The fourth-order valence-corrected chi connectivity index (χ4v) is 2.63. The maximum Gasteiger partial charge on any atom is 0.0909 e. The van der Waals surface area contributed by atoms with Crippen LogP contribution < -0.4 is 11.5 Å². The summed E-state index contributed by atoms with van der Waals surface area (Å²) in [7, 11) is 0. The van der Waals surface area contributed by atoms with Crippen LogP contribution in [0.3, 0.4) is 0 Å². The van der Waals surface area contributed by atoms with E-state index < -0.39 is 0 Å². The van der Waals surface area contributed by atoms with Crippen LogP contribution in [0.5, 0.6) is 0 Å². The van der Waals surface area contributed by atoms with Crippen LogP contribution in [0.25, 0.3) is 0 Å². The van der Waals surface area contributed by atoms with Crippen molar-refractivity contribution in [1.29, 1.82) is 0 Å². The number of unbranched alkanes of at least 4 members (excludes halogenated alkanes) is 2. The van der Waals surface area contributed by atoms with Gasteiger partial charge in [-0.2, -0.15) is 0 Å². The van der Waals surface area contributed by atoms with E-state index in [-0.39, 0.29) is 30.9 Å². The molecule has 0 amide bonds. The van der Waals surface area contributed by atoms with Gasteiger partial charge >= 0.3 is 0 Å². The van der Waals surface area contributed by atoms with E-state index in [2.05, 4.69) is 4.99 Å². The number of aliphatic imine (C=N–C) groups is 1. The highest BCUT2D eigenvalue weighted by atomic mass is 35.5. The van der Waals surface area contributed by atoms with E-state index in [0.29, 0.717) is 15.9 Å². The van der Waals surface area contributed by atoms with Crippen LogP contribution in [0.4, 0.5) is 0 Å². The van der Waals surface area contributed by atoms with E-state index in [1.807, 2.05) is 19.1 Å². The van der Waals surface area contributed by atoms with Gasteiger partial charge in [-0.3, -0.25) is 4.99 Å². The third-order valence-electron chi connectivity index (χ3n) is 3.10. The maximum absolute atomic E-state index is 6.21. The van der Waals surface area contributed by atoms with Crippen molar-refractivity contribution in [1.82, 2.24) is 0 Å². The summed E-state index contributed by atoms with van der Waals surface area (Å²) >= 11 is 12.1. The molecule has 0 aliphatic carbocycles. The van der Waals surface area contributed by atoms with E-state index in [1.165, 1.54) is 0 Å². The summed E-state index contributed by atoms with van der Waals surface area (Å²) in [6.45, 7) is 2.56. The first-order chi connectivity index (χ1) is 9.52. The number of nitrogens with two attached hydrogens (primary N) is 2. The molecule has 0 aliphatic rings. The molecule has 128 valence electrons. The van der Waals surface area contributed by atoms with Gasteiger partial charge in [-0.15, -0.1) is 24.8 Å². The predicted octanol–water partition coefficient (Wildman–Crippen LogP) is 4.64. The van der Waals surface area contributed by atoms with Crippen LogP contribution in [0.1, 0.15) is 38.2 Å². The lowest BCUT2D eigenvalue weighted by Crippen LogP contribution is -2.16. The largest absolute Gasteiger partial charge is 0.388 e. The Balaban J connectivity index is 0. The highest BCUT2D eigenvalue weighted by Crippen LogP contribution is 2.24. The zero-order chi connectivity index (χ0) is 15.0. The van der Waals surface area contributed by atoms with Crippen molar-refractivity contribution in [3.63, 3.8) is 0 Å². The molecule has 22 heavy (non-hydrogen) atoms. The third-order valence-corrected chi connectivity index (χ3v) is 3.69. The molecular weight excluding hydrogens is 364 g/mol. The minimum Gasteiger partial charge on any atom is -0.388 e. The van der Waals surface area contributed by atoms with Crippen molar-refractivity contribution >= 4 is 53.9 Å². The first-order valence-corrected chi connectivity index (χ1v) is 7.72. The standard InChI is InChI=1S/C15H23Cl2N3.2ClH/c1-11(19)20-14(5-3-2-4-8-18)9-12-6-7-13(16)10-15(12)17;;/h6-7,10,14H,2-5,8-9,18H2,1H3,(H2,19,20);2*1H. The molecule has 1 unspecified atom stereocenters. The molecule has 3 nitrogen and oxygen atoms in total. The van der Waals surface area contributed by atoms with E-state index in [0.717, 1.165) is 44.2 Å². The molecule has 0 saturated carbocycles. The zero-order valence-electron chi connectivity index (χ0n) is 12.7. The average Bonchev–Trinajstić information content (AvgIpc) is 2.37. The average molecular weight is 389 g/mol. The summed E-state index contributed by atoms with van der Waals surface area (Å²) in [6, 6.07) is 5.74. The molecule has 0 radical (unpaired) electrons. The van der Waals surface area contributed by atoms with Crippen LogP contribution >= 0.6 is 48.0 Å². The van der Waals surface area contributed by atoms with Gasteiger partial charge in [0.05, 0.1) is 11.9 Å². The number of amidine groups is 1. The number of nitrogens with zero attached hydrogens (tertiary/aromatic N) is 1. The zero-order valence-corrected chi connectivity index (χ0v) is 15.9. The van der Waals surface area contributed by atoms with Gasteiger partial charge in [0, 0.05) is 10.0 Å². The first-order valence-electron chi connectivity index (χ1n) is 6.96. The lowest BCUT2D eigenvalue weighted by molar-refractivity contribution is 0.553. The van der Waals surface area contributed by atoms with Gasteiger partial charge in [0.25, 0.3) is 0 Å². The van der Waals surface area contributed by atoms with Gasteiger partial charge in [-0.25, -0.2) is 0 Å². The first kappa shape index (κ1) is 24.1. The van der Waals surface area contributed by atoms with Crippen LogP contribution in [0.15, 0.2) is 23.2 Å². The maximum atomic E-state index is 6.21. The Kier molecular flexibility index (Phi) is 14.5. The molecule has 1 atom stereocenters. The molecule has 4 N–H and O–H groups in total. The van der Waals surface area contributed by atoms with Gasteiger partial charge in [0.15, 0.2) is 0 Å². The van der Waals surface area contributed by atoms with E-state index in [9.17, 15) is 0 Å². The normalized spacial score (nSPS) is 12.3. The van der Waals surface area contributed by atoms with Crippen LogP contribution in [-0.2, 0) is 6.42 Å². The Labute approximate surface area is 155 Å². The lowest BCUT2D eigenvalue weighted by atomic mass is 10.0. The Hall–Kier alpha value is -0.190. The Morgan fingerprint density at radius 1 is 1.18 bits per heavy atom. The van der Waals surface area contributed by atoms with Crippen LogP contribution in [-0.4, -0.2) is 18.4 Å². The lowest BCUT2D eigenvalue weighted by Gasteiger charge is -2.14. The van der Waals surface area contributed by atoms with Gasteiger partial charge in [0.2, 0.25) is 0 Å². The van der Waals surface area contributed by atoms with Crippen molar-refractivity contribution in [2.45, 2.75) is 45.1 Å². The summed E-state index contributed by atoms with van der Waals surface area (Å²) in [5, 5.41) is 1.34. The predicted molar refractivity (Wildman–Crippen MR) is 103 cm³/mol. The highest BCUT2D eigenvalue weighted by molar-refractivity contribution is 6.35. The topological polar surface area (TPSA) is 64.4 Å². The second-order valence-corrected chi connectivity index (χ2v) is 5.85. The molecular formula is C15H25Cl4N3. The Morgan fingerprint density at radius 2 is 1.86 bits per heavy atom. The van der Waals surface area contributed by atoms with Crippen molar-refractivity contribution in [2.75, 3.05) is 6.54 Å². The van der Waals surface area contributed by atoms with Crippen LogP contribution in [0.2, 0.25) is 10.0 Å².